The second-order valence-electron chi connectivity index (χ2n) is 3.69. The molecule has 0 atom stereocenters. The van der Waals surface area contributed by atoms with Gasteiger partial charge < -0.3 is 10.6 Å². The Bertz CT molecular complexity index is 340. The van der Waals surface area contributed by atoms with E-state index in [-0.39, 0.29) is 5.91 Å². The molecule has 1 fully saturated rings. The summed E-state index contributed by atoms with van der Waals surface area (Å²) in [7, 11) is 0. The second-order valence-corrected chi connectivity index (χ2v) is 3.69. The van der Waals surface area contributed by atoms with Gasteiger partial charge in [-0.25, -0.2) is 0 Å². The van der Waals surface area contributed by atoms with Crippen LogP contribution in [-0.4, -0.2) is 34.1 Å². The van der Waals surface area contributed by atoms with E-state index in [9.17, 15) is 4.79 Å². The van der Waals surface area contributed by atoms with Gasteiger partial charge in [-0.15, -0.1) is 0 Å². The molecule has 1 aromatic rings. The van der Waals surface area contributed by atoms with Gasteiger partial charge in [-0.05, 0) is 12.3 Å². The lowest BCUT2D eigenvalue weighted by molar-refractivity contribution is 0.0488. The molecule has 1 saturated heterocycles. The van der Waals surface area contributed by atoms with Crippen LogP contribution in [0.4, 0.5) is 5.82 Å². The van der Waals surface area contributed by atoms with Crippen LogP contribution in [0, 0.1) is 5.92 Å². The molecule has 2 rings (SSSR count). The van der Waals surface area contributed by atoms with Crippen LogP contribution in [0.25, 0.3) is 0 Å². The Hall–Kier alpha value is -1.52. The summed E-state index contributed by atoms with van der Waals surface area (Å²) in [6.45, 7) is 3.85. The lowest BCUT2D eigenvalue weighted by atomic mass is 9.97. The van der Waals surface area contributed by atoms with Gasteiger partial charge in [0.1, 0.15) is 11.5 Å². The van der Waals surface area contributed by atoms with Crippen LogP contribution in [0.2, 0.25) is 0 Å². The first-order valence-corrected chi connectivity index (χ1v) is 4.81. The van der Waals surface area contributed by atoms with E-state index >= 15 is 0 Å². The van der Waals surface area contributed by atoms with Gasteiger partial charge in [-0.2, -0.15) is 5.10 Å². The van der Waals surface area contributed by atoms with Crippen LogP contribution in [0.15, 0.2) is 6.07 Å². The maximum Gasteiger partial charge on any atom is 0.271 e. The molecule has 0 unspecified atom stereocenters. The number of carbonyl (C=O) groups is 1. The van der Waals surface area contributed by atoms with Crippen molar-refractivity contribution >= 4 is 11.7 Å². The van der Waals surface area contributed by atoms with Gasteiger partial charge in [-0.3, -0.25) is 9.89 Å². The Labute approximate surface area is 82.3 Å². The van der Waals surface area contributed by atoms with Gasteiger partial charge in [0.25, 0.3) is 5.91 Å². The number of anilines is 1. The van der Waals surface area contributed by atoms with E-state index < -0.39 is 0 Å². The van der Waals surface area contributed by atoms with E-state index in [2.05, 4.69) is 17.1 Å². The smallest absolute Gasteiger partial charge is 0.271 e. The van der Waals surface area contributed by atoms with E-state index in [1.54, 1.807) is 11.0 Å². The van der Waals surface area contributed by atoms with Gasteiger partial charge in [0, 0.05) is 19.2 Å². The maximum absolute atomic E-state index is 11.7. The van der Waals surface area contributed by atoms with Crippen LogP contribution in [0.1, 0.15) is 23.8 Å². The number of hydrogen-bond acceptors (Lipinski definition) is 3. The quantitative estimate of drug-likeness (QED) is 0.718. The molecule has 1 aromatic heterocycles. The van der Waals surface area contributed by atoms with Crippen molar-refractivity contribution in [2.45, 2.75) is 13.3 Å². The Balaban J connectivity index is 1.97. The van der Waals surface area contributed by atoms with Crippen molar-refractivity contribution in [3.63, 3.8) is 0 Å². The highest BCUT2D eigenvalue weighted by Gasteiger charge is 2.30. The molecule has 1 aliphatic heterocycles. The lowest BCUT2D eigenvalue weighted by Gasteiger charge is -2.38. The Kier molecular flexibility index (Phi) is 2.15. The van der Waals surface area contributed by atoms with E-state index in [1.165, 1.54) is 0 Å². The number of nitrogen functional groups attached to an aromatic ring is 1. The third kappa shape index (κ3) is 1.45. The number of amides is 1. The average molecular weight is 194 g/mol. The van der Waals surface area contributed by atoms with Crippen molar-refractivity contribution < 1.29 is 4.79 Å². The summed E-state index contributed by atoms with van der Waals surface area (Å²) in [6.07, 6.45) is 1.13. The van der Waals surface area contributed by atoms with Crippen LogP contribution >= 0.6 is 0 Å². The van der Waals surface area contributed by atoms with E-state index in [0.717, 1.165) is 19.5 Å². The molecule has 2 heterocycles. The molecule has 14 heavy (non-hydrogen) atoms. The first-order valence-electron chi connectivity index (χ1n) is 4.81. The minimum Gasteiger partial charge on any atom is -0.382 e. The summed E-state index contributed by atoms with van der Waals surface area (Å²) in [5.41, 5.74) is 5.90. The molecule has 5 heteroatoms. The molecule has 0 radical (unpaired) electrons. The van der Waals surface area contributed by atoms with E-state index in [4.69, 9.17) is 5.73 Å². The Morgan fingerprint density at radius 1 is 1.79 bits per heavy atom. The molecule has 0 bridgehead atoms. The standard InChI is InChI=1S/C9H14N4O/c1-2-6-4-13(5-6)9(14)7-3-8(10)12-11-7/h3,6H,2,4-5H2,1H3,(H3,10,11,12). The maximum atomic E-state index is 11.7. The van der Waals surface area contributed by atoms with Crippen molar-refractivity contribution in [2.24, 2.45) is 5.92 Å². The van der Waals surface area contributed by atoms with Crippen molar-refractivity contribution in [2.75, 3.05) is 18.8 Å². The molecule has 5 nitrogen and oxygen atoms in total. The van der Waals surface area contributed by atoms with Crippen LogP contribution in [-0.2, 0) is 0 Å². The summed E-state index contributed by atoms with van der Waals surface area (Å²) in [4.78, 5) is 13.5. The highest BCUT2D eigenvalue weighted by molar-refractivity contribution is 5.93. The fourth-order valence-corrected chi connectivity index (χ4v) is 1.61. The fraction of sp³-hybridized carbons (Fsp3) is 0.556. The summed E-state index contributed by atoms with van der Waals surface area (Å²) in [6, 6.07) is 1.57. The van der Waals surface area contributed by atoms with Gasteiger partial charge in [0.05, 0.1) is 0 Å². The average Bonchev–Trinajstić information content (AvgIpc) is 2.49. The first kappa shape index (κ1) is 9.05. The number of hydrogen-bond donors (Lipinski definition) is 2. The number of nitrogens with one attached hydrogen (secondary N) is 1. The topological polar surface area (TPSA) is 75.0 Å². The van der Waals surface area contributed by atoms with Crippen molar-refractivity contribution in [3.05, 3.63) is 11.8 Å². The van der Waals surface area contributed by atoms with Crippen LogP contribution in [0.5, 0.6) is 0 Å². The highest BCUT2D eigenvalue weighted by Crippen LogP contribution is 2.20. The van der Waals surface area contributed by atoms with E-state index in [1.807, 2.05) is 0 Å². The molecule has 0 aromatic carbocycles. The number of likely N-dealkylation sites (tertiary alicyclic amines) is 1. The number of rotatable bonds is 2. The summed E-state index contributed by atoms with van der Waals surface area (Å²) >= 11 is 0. The molecule has 76 valence electrons. The third-order valence-corrected chi connectivity index (χ3v) is 2.65. The number of aromatic nitrogens is 2. The van der Waals surface area contributed by atoms with Gasteiger partial charge in [-0.1, -0.05) is 6.92 Å². The van der Waals surface area contributed by atoms with Gasteiger partial charge in [0.15, 0.2) is 0 Å². The summed E-state index contributed by atoms with van der Waals surface area (Å²) in [5.74, 6) is 1.03. The predicted octanol–water partition coefficient (Wildman–Crippen LogP) is 0.474. The molecule has 1 amide bonds. The summed E-state index contributed by atoms with van der Waals surface area (Å²) in [5, 5.41) is 6.34. The minimum atomic E-state index is -0.00102. The highest BCUT2D eigenvalue weighted by atomic mass is 16.2. The number of nitrogens with two attached hydrogens (primary N) is 1. The van der Waals surface area contributed by atoms with E-state index in [0.29, 0.717) is 17.4 Å². The zero-order valence-corrected chi connectivity index (χ0v) is 8.16. The van der Waals surface area contributed by atoms with Crippen LogP contribution in [0.3, 0.4) is 0 Å². The SMILES string of the molecule is CCC1CN(C(=O)c2cc(N)n[nH]2)C1. The van der Waals surface area contributed by atoms with Crippen molar-refractivity contribution in [1.82, 2.24) is 15.1 Å². The monoisotopic (exact) mass is 194 g/mol. The molecular weight excluding hydrogens is 180 g/mol. The van der Waals surface area contributed by atoms with Gasteiger partial charge >= 0.3 is 0 Å². The zero-order chi connectivity index (χ0) is 10.1. The lowest BCUT2D eigenvalue weighted by Crippen LogP contribution is -2.49. The molecule has 0 aliphatic carbocycles. The largest absolute Gasteiger partial charge is 0.382 e. The number of nitrogens with zero attached hydrogens (tertiary/aromatic N) is 2. The number of H-pyrrole nitrogens is 1. The molecular formula is C9H14N4O. The molecule has 3 N–H and O–H groups in total. The minimum absolute atomic E-state index is 0.00102. The number of carbonyl (C=O) groups excluding carboxylic acids is 1. The second kappa shape index (κ2) is 3.32. The molecule has 1 aliphatic rings. The number of aromatic amines is 1. The fourth-order valence-electron chi connectivity index (χ4n) is 1.61. The van der Waals surface area contributed by atoms with Crippen molar-refractivity contribution in [3.8, 4) is 0 Å². The Morgan fingerprint density at radius 2 is 2.50 bits per heavy atom. The molecule has 0 saturated carbocycles. The Morgan fingerprint density at radius 3 is 3.00 bits per heavy atom. The summed E-state index contributed by atoms with van der Waals surface area (Å²) < 4.78 is 0. The van der Waals surface area contributed by atoms with Gasteiger partial charge in [0.2, 0.25) is 0 Å². The predicted molar refractivity (Wildman–Crippen MR) is 52.7 cm³/mol. The first-order chi connectivity index (χ1) is 6.70. The third-order valence-electron chi connectivity index (χ3n) is 2.65. The molecule has 0 spiro atoms. The zero-order valence-electron chi connectivity index (χ0n) is 8.16. The normalized spacial score (nSPS) is 16.8. The van der Waals surface area contributed by atoms with Crippen molar-refractivity contribution in [1.29, 1.82) is 0 Å². The van der Waals surface area contributed by atoms with Crippen LogP contribution < -0.4 is 5.73 Å².